The van der Waals surface area contributed by atoms with Gasteiger partial charge in [-0.3, -0.25) is 4.90 Å². The first-order chi connectivity index (χ1) is 9.80. The molecule has 0 spiro atoms. The molecule has 1 heterocycles. The maximum absolute atomic E-state index is 14.2. The monoisotopic (exact) mass is 307 g/mol. The summed E-state index contributed by atoms with van der Waals surface area (Å²) >= 11 is 0. The van der Waals surface area contributed by atoms with Gasteiger partial charge < -0.3 is 9.47 Å². The zero-order valence-electron chi connectivity index (χ0n) is 11.6. The SMILES string of the molecule is COCC1(F)CCN(Cc2ccc(OC(F)(F)F)cc2)C1. The molecule has 1 saturated heterocycles. The summed E-state index contributed by atoms with van der Waals surface area (Å²) < 4.78 is 59.0. The first-order valence-electron chi connectivity index (χ1n) is 6.55. The molecule has 1 aliphatic heterocycles. The number of rotatable bonds is 5. The largest absolute Gasteiger partial charge is 0.573 e. The summed E-state index contributed by atoms with van der Waals surface area (Å²) in [5, 5.41) is 0. The van der Waals surface area contributed by atoms with Crippen LogP contribution in [-0.4, -0.2) is 43.7 Å². The maximum Gasteiger partial charge on any atom is 0.573 e. The summed E-state index contributed by atoms with van der Waals surface area (Å²) in [5.74, 6) is -0.258. The quantitative estimate of drug-likeness (QED) is 0.780. The number of nitrogens with zero attached hydrogens (tertiary/aromatic N) is 1. The van der Waals surface area contributed by atoms with Crippen molar-refractivity contribution in [1.29, 1.82) is 0 Å². The van der Waals surface area contributed by atoms with Gasteiger partial charge in [0.05, 0.1) is 6.61 Å². The fourth-order valence-corrected chi connectivity index (χ4v) is 2.48. The van der Waals surface area contributed by atoms with E-state index in [-0.39, 0.29) is 18.9 Å². The number of hydrogen-bond donors (Lipinski definition) is 0. The number of likely N-dealkylation sites (tertiary alicyclic amines) is 1. The van der Waals surface area contributed by atoms with Gasteiger partial charge in [0, 0.05) is 26.7 Å². The van der Waals surface area contributed by atoms with E-state index in [1.165, 1.54) is 19.2 Å². The van der Waals surface area contributed by atoms with E-state index in [9.17, 15) is 17.6 Å². The maximum atomic E-state index is 14.2. The molecule has 2 rings (SSSR count). The lowest BCUT2D eigenvalue weighted by molar-refractivity contribution is -0.274. The molecule has 0 aliphatic carbocycles. The molecule has 0 aromatic heterocycles. The molecule has 1 unspecified atom stereocenters. The van der Waals surface area contributed by atoms with E-state index >= 15 is 0 Å². The van der Waals surface area contributed by atoms with Gasteiger partial charge in [0.25, 0.3) is 0 Å². The Hall–Kier alpha value is -1.34. The predicted molar refractivity (Wildman–Crippen MR) is 68.7 cm³/mol. The molecule has 0 bridgehead atoms. The first kappa shape index (κ1) is 16.0. The molecule has 3 nitrogen and oxygen atoms in total. The lowest BCUT2D eigenvalue weighted by Crippen LogP contribution is -2.33. The normalized spacial score (nSPS) is 23.5. The van der Waals surface area contributed by atoms with Gasteiger partial charge in [-0.15, -0.1) is 13.2 Å². The van der Waals surface area contributed by atoms with Crippen LogP contribution in [0.1, 0.15) is 12.0 Å². The molecule has 1 fully saturated rings. The lowest BCUT2D eigenvalue weighted by Gasteiger charge is -2.20. The topological polar surface area (TPSA) is 21.7 Å². The lowest BCUT2D eigenvalue weighted by atomic mass is 10.1. The van der Waals surface area contributed by atoms with E-state index in [0.29, 0.717) is 19.5 Å². The molecule has 1 aliphatic rings. The number of methoxy groups -OCH3 is 1. The third-order valence-electron chi connectivity index (χ3n) is 3.35. The van der Waals surface area contributed by atoms with Crippen molar-refractivity contribution in [1.82, 2.24) is 4.90 Å². The van der Waals surface area contributed by atoms with Crippen molar-refractivity contribution in [2.24, 2.45) is 0 Å². The van der Waals surface area contributed by atoms with Crippen LogP contribution in [0, 0.1) is 0 Å². The van der Waals surface area contributed by atoms with E-state index in [2.05, 4.69) is 4.74 Å². The van der Waals surface area contributed by atoms with Gasteiger partial charge in [0.1, 0.15) is 11.4 Å². The molecule has 1 atom stereocenters. The highest BCUT2D eigenvalue weighted by molar-refractivity contribution is 5.27. The van der Waals surface area contributed by atoms with Crippen LogP contribution in [0.15, 0.2) is 24.3 Å². The van der Waals surface area contributed by atoms with E-state index in [1.54, 1.807) is 12.1 Å². The standard InChI is InChI=1S/C14H17F4NO2/c1-20-10-13(15)6-7-19(9-13)8-11-2-4-12(5-3-11)21-14(16,17)18/h2-5H,6-10H2,1H3. The molecular formula is C14H17F4NO2. The van der Waals surface area contributed by atoms with E-state index in [4.69, 9.17) is 4.74 Å². The number of halogens is 4. The number of ether oxygens (including phenoxy) is 2. The Bertz CT molecular complexity index is 463. The Labute approximate surface area is 120 Å². The summed E-state index contributed by atoms with van der Waals surface area (Å²) in [6.07, 6.45) is -4.29. The average Bonchev–Trinajstić information content (AvgIpc) is 2.72. The van der Waals surface area contributed by atoms with Crippen molar-refractivity contribution in [3.63, 3.8) is 0 Å². The molecule has 0 amide bonds. The summed E-state index contributed by atoms with van der Waals surface area (Å²) in [5.41, 5.74) is -0.528. The number of hydrogen-bond acceptors (Lipinski definition) is 3. The third-order valence-corrected chi connectivity index (χ3v) is 3.35. The molecule has 1 aromatic carbocycles. The summed E-state index contributed by atoms with van der Waals surface area (Å²) in [7, 11) is 1.46. The minimum atomic E-state index is -4.69. The van der Waals surface area contributed by atoms with Gasteiger partial charge in [-0.05, 0) is 24.1 Å². The molecule has 7 heteroatoms. The Balaban J connectivity index is 1.90. The molecule has 0 saturated carbocycles. The van der Waals surface area contributed by atoms with Gasteiger partial charge >= 0.3 is 6.36 Å². The molecule has 0 N–H and O–H groups in total. The van der Waals surface area contributed by atoms with Crippen molar-refractivity contribution < 1.29 is 27.0 Å². The van der Waals surface area contributed by atoms with Gasteiger partial charge in [0.15, 0.2) is 0 Å². The minimum absolute atomic E-state index is 0.0574. The van der Waals surface area contributed by atoms with Gasteiger partial charge in [-0.1, -0.05) is 12.1 Å². The highest BCUT2D eigenvalue weighted by Gasteiger charge is 2.38. The second-order valence-electron chi connectivity index (χ2n) is 5.24. The summed E-state index contributed by atoms with van der Waals surface area (Å²) in [6, 6.07) is 5.62. The van der Waals surface area contributed by atoms with Crippen molar-refractivity contribution in [2.45, 2.75) is 25.0 Å². The van der Waals surface area contributed by atoms with Crippen LogP contribution in [0.25, 0.3) is 0 Å². The van der Waals surface area contributed by atoms with Crippen LogP contribution >= 0.6 is 0 Å². The highest BCUT2D eigenvalue weighted by Crippen LogP contribution is 2.28. The molecular weight excluding hydrogens is 290 g/mol. The van der Waals surface area contributed by atoms with Crippen LogP contribution < -0.4 is 4.74 Å². The zero-order chi connectivity index (χ0) is 15.5. The zero-order valence-corrected chi connectivity index (χ0v) is 11.6. The Morgan fingerprint density at radius 3 is 2.48 bits per heavy atom. The smallest absolute Gasteiger partial charge is 0.406 e. The van der Waals surface area contributed by atoms with Crippen molar-refractivity contribution in [3.05, 3.63) is 29.8 Å². The Morgan fingerprint density at radius 2 is 1.90 bits per heavy atom. The van der Waals surface area contributed by atoms with Crippen molar-refractivity contribution in [3.8, 4) is 5.75 Å². The third kappa shape index (κ3) is 4.86. The van der Waals surface area contributed by atoms with Gasteiger partial charge in [0.2, 0.25) is 0 Å². The Morgan fingerprint density at radius 1 is 1.24 bits per heavy atom. The van der Waals surface area contributed by atoms with E-state index in [1.807, 2.05) is 4.90 Å². The van der Waals surface area contributed by atoms with Crippen LogP contribution in [0.4, 0.5) is 17.6 Å². The van der Waals surface area contributed by atoms with Crippen molar-refractivity contribution >= 4 is 0 Å². The minimum Gasteiger partial charge on any atom is -0.406 e. The van der Waals surface area contributed by atoms with Gasteiger partial charge in [-0.2, -0.15) is 0 Å². The first-order valence-corrected chi connectivity index (χ1v) is 6.55. The summed E-state index contributed by atoms with van der Waals surface area (Å²) in [4.78, 5) is 1.92. The Kier molecular flexibility index (Phi) is 4.73. The summed E-state index contributed by atoms with van der Waals surface area (Å²) in [6.45, 7) is 1.41. The van der Waals surface area contributed by atoms with Crippen LogP contribution in [0.5, 0.6) is 5.75 Å². The van der Waals surface area contributed by atoms with E-state index in [0.717, 1.165) is 5.56 Å². The van der Waals surface area contributed by atoms with Gasteiger partial charge in [-0.25, -0.2) is 4.39 Å². The molecule has 1 aromatic rings. The highest BCUT2D eigenvalue weighted by atomic mass is 19.4. The number of benzene rings is 1. The predicted octanol–water partition coefficient (Wildman–Crippen LogP) is 3.15. The molecule has 118 valence electrons. The fraction of sp³-hybridized carbons (Fsp3) is 0.571. The van der Waals surface area contributed by atoms with E-state index < -0.39 is 12.0 Å². The van der Waals surface area contributed by atoms with Crippen LogP contribution in [-0.2, 0) is 11.3 Å². The molecule has 0 radical (unpaired) electrons. The van der Waals surface area contributed by atoms with Crippen molar-refractivity contribution in [2.75, 3.05) is 26.8 Å². The van der Waals surface area contributed by atoms with Crippen LogP contribution in [0.3, 0.4) is 0 Å². The fourth-order valence-electron chi connectivity index (χ4n) is 2.48. The second kappa shape index (κ2) is 6.19. The molecule has 21 heavy (non-hydrogen) atoms. The van der Waals surface area contributed by atoms with Crippen LogP contribution in [0.2, 0.25) is 0 Å². The number of alkyl halides is 4. The average molecular weight is 307 g/mol. The second-order valence-corrected chi connectivity index (χ2v) is 5.24.